The molecular weight excluding hydrogens is 506 g/mol. The summed E-state index contributed by atoms with van der Waals surface area (Å²) in [5, 5.41) is 0. The van der Waals surface area contributed by atoms with Gasteiger partial charge in [-0.1, -0.05) is 27.2 Å². The predicted molar refractivity (Wildman–Crippen MR) is 93.8 cm³/mol. The number of halogens is 14. The van der Waals surface area contributed by atoms with Crippen LogP contribution in [-0.4, -0.2) is 30.6 Å². The van der Waals surface area contributed by atoms with E-state index < -0.39 is 90.8 Å². The molecule has 0 N–H and O–H groups in total. The molecule has 1 rings (SSSR count). The standard InChI is InChI=1S/C20H26F14/c1-6-13(2,3)10-7-11(14(4,17(23,24)25)16(21,22)20(32,33)34)9-12(8-10)15(5,18(26,27)28)19(29,30)31/h10-12H,6-9H2,1-5H3. The molecule has 4 atom stereocenters. The minimum atomic E-state index is -6.75. The van der Waals surface area contributed by atoms with Gasteiger partial charge in [-0.3, -0.25) is 0 Å². The zero-order valence-electron chi connectivity index (χ0n) is 18.9. The van der Waals surface area contributed by atoms with Gasteiger partial charge in [0.15, 0.2) is 5.41 Å². The van der Waals surface area contributed by atoms with E-state index in [2.05, 4.69) is 0 Å². The average Bonchev–Trinajstić information content (AvgIpc) is 2.62. The van der Waals surface area contributed by atoms with Crippen LogP contribution in [0.4, 0.5) is 61.5 Å². The first-order valence-electron chi connectivity index (χ1n) is 10.3. The Morgan fingerprint density at radius 3 is 1.03 bits per heavy atom. The van der Waals surface area contributed by atoms with E-state index in [9.17, 15) is 61.5 Å². The molecule has 4 unspecified atom stereocenters. The zero-order chi connectivity index (χ0) is 27.6. The Labute approximate surface area is 187 Å². The lowest BCUT2D eigenvalue weighted by Gasteiger charge is -2.54. The van der Waals surface area contributed by atoms with Gasteiger partial charge in [-0.05, 0) is 56.3 Å². The summed E-state index contributed by atoms with van der Waals surface area (Å²) >= 11 is 0. The van der Waals surface area contributed by atoms with Crippen LogP contribution in [0.5, 0.6) is 0 Å². The second kappa shape index (κ2) is 8.55. The molecule has 0 spiro atoms. The summed E-state index contributed by atoms with van der Waals surface area (Å²) in [7, 11) is 0. The molecule has 1 aliphatic rings. The Bertz CT molecular complexity index is 695. The number of rotatable bonds is 5. The fourth-order valence-electron chi connectivity index (χ4n) is 4.77. The quantitative estimate of drug-likeness (QED) is 0.310. The first-order valence-corrected chi connectivity index (χ1v) is 10.3. The molecule has 0 radical (unpaired) electrons. The van der Waals surface area contributed by atoms with Gasteiger partial charge in [-0.15, -0.1) is 0 Å². The lowest BCUT2D eigenvalue weighted by molar-refractivity contribution is -0.400. The van der Waals surface area contributed by atoms with Crippen molar-refractivity contribution < 1.29 is 61.5 Å². The van der Waals surface area contributed by atoms with Crippen LogP contribution in [0.25, 0.3) is 0 Å². The lowest BCUT2D eigenvalue weighted by Crippen LogP contribution is -2.63. The largest absolute Gasteiger partial charge is 0.454 e. The Morgan fingerprint density at radius 1 is 0.471 bits per heavy atom. The highest BCUT2D eigenvalue weighted by atomic mass is 19.4. The molecule has 1 saturated carbocycles. The summed E-state index contributed by atoms with van der Waals surface area (Å²) in [4.78, 5) is 0. The van der Waals surface area contributed by atoms with Crippen LogP contribution in [0.3, 0.4) is 0 Å². The molecule has 0 aromatic rings. The third-order valence-corrected chi connectivity index (χ3v) is 8.13. The van der Waals surface area contributed by atoms with Gasteiger partial charge in [-0.2, -0.15) is 61.5 Å². The molecule has 34 heavy (non-hydrogen) atoms. The van der Waals surface area contributed by atoms with Gasteiger partial charge in [0.1, 0.15) is 5.41 Å². The predicted octanol–water partition coefficient (Wildman–Crippen LogP) is 9.35. The topological polar surface area (TPSA) is 0 Å². The van der Waals surface area contributed by atoms with Crippen molar-refractivity contribution >= 4 is 0 Å². The fourth-order valence-corrected chi connectivity index (χ4v) is 4.77. The summed E-state index contributed by atoms with van der Waals surface area (Å²) in [5.74, 6) is -13.5. The Morgan fingerprint density at radius 2 is 0.765 bits per heavy atom. The molecule has 0 nitrogen and oxygen atoms in total. The fraction of sp³-hybridized carbons (Fsp3) is 1.00. The van der Waals surface area contributed by atoms with Crippen molar-refractivity contribution in [3.8, 4) is 0 Å². The van der Waals surface area contributed by atoms with E-state index in [1.165, 1.54) is 20.8 Å². The van der Waals surface area contributed by atoms with Crippen molar-refractivity contribution in [2.24, 2.45) is 34.0 Å². The summed E-state index contributed by atoms with van der Waals surface area (Å²) in [6.45, 7) is 3.29. The maximum Gasteiger partial charge on any atom is 0.454 e. The summed E-state index contributed by atoms with van der Waals surface area (Å²) < 4.78 is 192. The first-order chi connectivity index (χ1) is 14.6. The van der Waals surface area contributed by atoms with Crippen molar-refractivity contribution in [2.75, 3.05) is 0 Å². The minimum absolute atomic E-state index is 0.0181. The lowest BCUT2D eigenvalue weighted by atomic mass is 9.53. The molecular formula is C20H26F14. The summed E-state index contributed by atoms with van der Waals surface area (Å²) in [6.07, 6.45) is -28.9. The third-order valence-electron chi connectivity index (χ3n) is 8.13. The van der Waals surface area contributed by atoms with Crippen LogP contribution in [0, 0.1) is 34.0 Å². The van der Waals surface area contributed by atoms with Crippen LogP contribution >= 0.6 is 0 Å². The van der Waals surface area contributed by atoms with E-state index in [0.29, 0.717) is 0 Å². The molecule has 0 amide bonds. The smallest absolute Gasteiger partial charge is 0.195 e. The van der Waals surface area contributed by atoms with Crippen LogP contribution in [0.1, 0.15) is 60.3 Å². The van der Waals surface area contributed by atoms with Gasteiger partial charge >= 0.3 is 30.6 Å². The van der Waals surface area contributed by atoms with Crippen LogP contribution in [-0.2, 0) is 0 Å². The van der Waals surface area contributed by atoms with Gasteiger partial charge in [0.25, 0.3) is 0 Å². The van der Waals surface area contributed by atoms with E-state index in [-0.39, 0.29) is 13.3 Å². The van der Waals surface area contributed by atoms with E-state index >= 15 is 0 Å². The number of alkyl halides is 14. The van der Waals surface area contributed by atoms with Crippen LogP contribution in [0.2, 0.25) is 0 Å². The Kier molecular flexibility index (Phi) is 7.81. The molecule has 0 saturated heterocycles. The second-order valence-electron chi connectivity index (χ2n) is 10.1. The maximum atomic E-state index is 14.4. The SMILES string of the molecule is CCC(C)(C)C1CC(C(C)(C(F)(F)F)C(F)(F)F)CC(C(C)(C(F)(F)F)C(F)(F)C(F)(F)F)C1. The summed E-state index contributed by atoms with van der Waals surface area (Å²) in [5.41, 5.74) is -10.8. The van der Waals surface area contributed by atoms with Crippen molar-refractivity contribution in [2.45, 2.75) is 90.9 Å². The third kappa shape index (κ3) is 4.71. The highest BCUT2D eigenvalue weighted by molar-refractivity contribution is 5.08. The Hall–Kier alpha value is -0.980. The zero-order valence-corrected chi connectivity index (χ0v) is 18.9. The molecule has 0 bridgehead atoms. The van der Waals surface area contributed by atoms with Crippen LogP contribution in [0.15, 0.2) is 0 Å². The minimum Gasteiger partial charge on any atom is -0.195 e. The highest BCUT2D eigenvalue weighted by Crippen LogP contribution is 2.67. The highest BCUT2D eigenvalue weighted by Gasteiger charge is 2.80. The second-order valence-corrected chi connectivity index (χ2v) is 10.1. The van der Waals surface area contributed by atoms with E-state index in [1.54, 1.807) is 0 Å². The number of hydrogen-bond acceptors (Lipinski definition) is 0. The Balaban J connectivity index is 3.90. The normalized spacial score (nSPS) is 26.4. The van der Waals surface area contributed by atoms with E-state index in [1.807, 2.05) is 0 Å². The first kappa shape index (κ1) is 31.1. The van der Waals surface area contributed by atoms with Crippen molar-refractivity contribution in [3.05, 3.63) is 0 Å². The molecule has 14 heteroatoms. The summed E-state index contributed by atoms with van der Waals surface area (Å²) in [6, 6.07) is 0. The van der Waals surface area contributed by atoms with Gasteiger partial charge in [0.2, 0.25) is 0 Å². The molecule has 0 aromatic carbocycles. The van der Waals surface area contributed by atoms with Crippen molar-refractivity contribution in [1.29, 1.82) is 0 Å². The molecule has 1 fully saturated rings. The molecule has 1 aliphatic carbocycles. The van der Waals surface area contributed by atoms with Gasteiger partial charge < -0.3 is 0 Å². The van der Waals surface area contributed by atoms with E-state index in [0.717, 1.165) is 0 Å². The number of hydrogen-bond donors (Lipinski definition) is 0. The molecule has 0 aliphatic heterocycles. The van der Waals surface area contributed by atoms with Gasteiger partial charge in [-0.25, -0.2) is 0 Å². The molecule has 0 heterocycles. The van der Waals surface area contributed by atoms with Crippen molar-refractivity contribution in [3.63, 3.8) is 0 Å². The molecule has 0 aromatic heterocycles. The van der Waals surface area contributed by atoms with Gasteiger partial charge in [0, 0.05) is 0 Å². The maximum absolute atomic E-state index is 14.4. The average molecular weight is 532 g/mol. The van der Waals surface area contributed by atoms with E-state index in [4.69, 9.17) is 0 Å². The van der Waals surface area contributed by atoms with Crippen LogP contribution < -0.4 is 0 Å². The molecule has 204 valence electrons. The van der Waals surface area contributed by atoms with Gasteiger partial charge in [0.05, 0.1) is 0 Å². The monoisotopic (exact) mass is 532 g/mol. The van der Waals surface area contributed by atoms with Crippen molar-refractivity contribution in [1.82, 2.24) is 0 Å².